The van der Waals surface area contributed by atoms with Crippen LogP contribution in [0.15, 0.2) is 23.1 Å². The Kier molecular flexibility index (Phi) is 6.42. The van der Waals surface area contributed by atoms with Crippen molar-refractivity contribution >= 4 is 15.7 Å². The number of ether oxygens (including phenoxy) is 1. The third-order valence-corrected chi connectivity index (χ3v) is 5.06. The van der Waals surface area contributed by atoms with Gasteiger partial charge in [-0.3, -0.25) is 10.1 Å². The second kappa shape index (κ2) is 7.84. The molecule has 0 aliphatic rings. The Morgan fingerprint density at radius 2 is 2.09 bits per heavy atom. The van der Waals surface area contributed by atoms with E-state index in [-0.39, 0.29) is 42.3 Å². The van der Waals surface area contributed by atoms with Crippen molar-refractivity contribution in [1.29, 1.82) is 5.26 Å². The van der Waals surface area contributed by atoms with Crippen molar-refractivity contribution in [2.24, 2.45) is 0 Å². The molecule has 1 aromatic carbocycles. The number of nitrogens with zero attached hydrogens (tertiary/aromatic N) is 3. The average Bonchev–Trinajstić information content (AvgIpc) is 2.46. The first-order valence-electron chi connectivity index (χ1n) is 6.45. The van der Waals surface area contributed by atoms with E-state index >= 15 is 0 Å². The van der Waals surface area contributed by atoms with E-state index in [9.17, 15) is 18.5 Å². The van der Waals surface area contributed by atoms with Crippen molar-refractivity contribution in [2.75, 3.05) is 26.8 Å². The molecule has 0 atom stereocenters. The van der Waals surface area contributed by atoms with Gasteiger partial charge in [-0.2, -0.15) is 9.57 Å². The molecule has 0 bridgehead atoms. The first kappa shape index (κ1) is 18.0. The van der Waals surface area contributed by atoms with Crippen LogP contribution in [0.25, 0.3) is 0 Å². The molecule has 0 aliphatic heterocycles. The van der Waals surface area contributed by atoms with Crippen LogP contribution in [-0.2, 0) is 14.8 Å². The van der Waals surface area contributed by atoms with Gasteiger partial charge in [-0.1, -0.05) is 0 Å². The van der Waals surface area contributed by atoms with Gasteiger partial charge in [0.1, 0.15) is 0 Å². The second-order valence-corrected chi connectivity index (χ2v) is 6.42. The van der Waals surface area contributed by atoms with Gasteiger partial charge in [0, 0.05) is 38.8 Å². The summed E-state index contributed by atoms with van der Waals surface area (Å²) < 4.78 is 31.3. The van der Waals surface area contributed by atoms with Gasteiger partial charge in [-0.05, 0) is 18.6 Å². The van der Waals surface area contributed by atoms with Gasteiger partial charge in [0.25, 0.3) is 5.69 Å². The predicted octanol–water partition coefficient (Wildman–Crippen LogP) is 1.45. The van der Waals surface area contributed by atoms with Crippen LogP contribution in [0.5, 0.6) is 0 Å². The summed E-state index contributed by atoms with van der Waals surface area (Å²) in [6.07, 6.45) is 0.0506. The minimum absolute atomic E-state index is 0.00728. The zero-order valence-electron chi connectivity index (χ0n) is 12.4. The number of non-ortho nitro benzene ring substituents is 1. The van der Waals surface area contributed by atoms with E-state index in [1.807, 2.05) is 6.07 Å². The van der Waals surface area contributed by atoms with Gasteiger partial charge in [0.2, 0.25) is 10.0 Å². The average molecular weight is 327 g/mol. The molecule has 1 rings (SSSR count). The minimum atomic E-state index is -3.84. The zero-order chi connectivity index (χ0) is 16.8. The maximum Gasteiger partial charge on any atom is 0.269 e. The molecule has 0 spiro atoms. The van der Waals surface area contributed by atoms with Gasteiger partial charge in [0.05, 0.1) is 22.5 Å². The summed E-state index contributed by atoms with van der Waals surface area (Å²) in [7, 11) is -2.39. The van der Waals surface area contributed by atoms with E-state index in [1.54, 1.807) is 0 Å². The lowest BCUT2D eigenvalue weighted by atomic mass is 10.2. The maximum absolute atomic E-state index is 12.6. The largest absolute Gasteiger partial charge is 0.383 e. The molecule has 8 nitrogen and oxygen atoms in total. The number of sulfonamides is 1. The molecule has 0 heterocycles. The molecule has 22 heavy (non-hydrogen) atoms. The van der Waals surface area contributed by atoms with Gasteiger partial charge in [-0.25, -0.2) is 8.42 Å². The lowest BCUT2D eigenvalue weighted by Gasteiger charge is -2.21. The molecule has 0 radical (unpaired) electrons. The van der Waals surface area contributed by atoms with E-state index in [2.05, 4.69) is 0 Å². The summed E-state index contributed by atoms with van der Waals surface area (Å²) in [6.45, 7) is 1.84. The van der Waals surface area contributed by atoms with E-state index in [4.69, 9.17) is 10.00 Å². The van der Waals surface area contributed by atoms with Crippen LogP contribution in [0.4, 0.5) is 5.69 Å². The topological polar surface area (TPSA) is 114 Å². The van der Waals surface area contributed by atoms with Crippen molar-refractivity contribution < 1.29 is 18.1 Å². The van der Waals surface area contributed by atoms with Crippen molar-refractivity contribution in [3.63, 3.8) is 0 Å². The molecule has 0 aliphatic carbocycles. The highest BCUT2D eigenvalue weighted by Crippen LogP contribution is 2.24. The van der Waals surface area contributed by atoms with Gasteiger partial charge in [0.15, 0.2) is 0 Å². The first-order valence-corrected chi connectivity index (χ1v) is 7.89. The molecule has 9 heteroatoms. The molecular weight excluding hydrogens is 310 g/mol. The van der Waals surface area contributed by atoms with Gasteiger partial charge in [-0.15, -0.1) is 0 Å². The number of aryl methyl sites for hydroxylation is 1. The third-order valence-electron chi connectivity index (χ3n) is 3.00. The highest BCUT2D eigenvalue weighted by atomic mass is 32.2. The Labute approximate surface area is 129 Å². The number of nitro groups is 1. The molecule has 0 aromatic heterocycles. The Balaban J connectivity index is 3.18. The van der Waals surface area contributed by atoms with Crippen LogP contribution >= 0.6 is 0 Å². The summed E-state index contributed by atoms with van der Waals surface area (Å²) in [5, 5.41) is 19.4. The molecule has 0 saturated heterocycles. The molecule has 120 valence electrons. The zero-order valence-corrected chi connectivity index (χ0v) is 13.2. The van der Waals surface area contributed by atoms with Crippen molar-refractivity contribution in [3.8, 4) is 6.07 Å². The fraction of sp³-hybridized carbons (Fsp3) is 0.462. The highest BCUT2D eigenvalue weighted by molar-refractivity contribution is 7.89. The Morgan fingerprint density at radius 3 is 2.59 bits per heavy atom. The minimum Gasteiger partial charge on any atom is -0.383 e. The molecule has 0 saturated carbocycles. The summed E-state index contributed by atoms with van der Waals surface area (Å²) in [4.78, 5) is 10.1. The van der Waals surface area contributed by atoms with E-state index in [1.165, 1.54) is 26.2 Å². The van der Waals surface area contributed by atoms with E-state index < -0.39 is 14.9 Å². The molecule has 0 N–H and O–H groups in total. The van der Waals surface area contributed by atoms with Crippen molar-refractivity contribution in [2.45, 2.75) is 18.2 Å². The number of hydrogen-bond donors (Lipinski definition) is 0. The monoisotopic (exact) mass is 327 g/mol. The number of hydrogen-bond acceptors (Lipinski definition) is 6. The van der Waals surface area contributed by atoms with Crippen LogP contribution in [0, 0.1) is 28.4 Å². The smallest absolute Gasteiger partial charge is 0.269 e. The van der Waals surface area contributed by atoms with Crippen LogP contribution in [0.3, 0.4) is 0 Å². The second-order valence-electron chi connectivity index (χ2n) is 4.51. The first-order chi connectivity index (χ1) is 10.3. The highest BCUT2D eigenvalue weighted by Gasteiger charge is 2.26. The molecule has 0 fully saturated rings. The van der Waals surface area contributed by atoms with Gasteiger partial charge < -0.3 is 4.74 Å². The predicted molar refractivity (Wildman–Crippen MR) is 78.7 cm³/mol. The molecular formula is C13H17N3O5S. The fourth-order valence-electron chi connectivity index (χ4n) is 1.90. The number of benzene rings is 1. The van der Waals surface area contributed by atoms with Gasteiger partial charge >= 0.3 is 0 Å². The summed E-state index contributed by atoms with van der Waals surface area (Å²) in [5.41, 5.74) is 0.116. The van der Waals surface area contributed by atoms with E-state index in [0.717, 1.165) is 10.4 Å². The quantitative estimate of drug-likeness (QED) is 0.527. The number of nitro benzene ring substituents is 1. The van der Waals surface area contributed by atoms with Crippen LogP contribution < -0.4 is 0 Å². The lowest BCUT2D eigenvalue weighted by molar-refractivity contribution is -0.385. The Bertz CT molecular complexity index is 681. The third kappa shape index (κ3) is 4.24. The standard InChI is InChI=1S/C13H17N3O5S/c1-11-10-12(16(17)18)4-5-13(11)22(19,20)15(7-3-6-14)8-9-21-2/h4-5,10H,3,7-9H2,1-2H3. The Morgan fingerprint density at radius 1 is 1.41 bits per heavy atom. The van der Waals surface area contributed by atoms with E-state index in [0.29, 0.717) is 0 Å². The number of rotatable bonds is 8. The molecule has 1 aromatic rings. The van der Waals surface area contributed by atoms with Crippen LogP contribution in [-0.4, -0.2) is 44.5 Å². The van der Waals surface area contributed by atoms with Crippen LogP contribution in [0.1, 0.15) is 12.0 Å². The summed E-state index contributed by atoms with van der Waals surface area (Å²) >= 11 is 0. The molecule has 0 amide bonds. The maximum atomic E-state index is 12.6. The fourth-order valence-corrected chi connectivity index (χ4v) is 3.53. The number of methoxy groups -OCH3 is 1. The van der Waals surface area contributed by atoms with Crippen molar-refractivity contribution in [1.82, 2.24) is 4.31 Å². The SMILES string of the molecule is COCCN(CCC#N)S(=O)(=O)c1ccc([N+](=O)[O-])cc1C. The van der Waals surface area contributed by atoms with Crippen molar-refractivity contribution in [3.05, 3.63) is 33.9 Å². The Hall–Kier alpha value is -2.02. The molecule has 0 unspecified atom stereocenters. The summed E-state index contributed by atoms with van der Waals surface area (Å²) in [6, 6.07) is 5.48. The normalized spacial score (nSPS) is 11.4. The number of nitriles is 1. The van der Waals surface area contributed by atoms with Crippen LogP contribution in [0.2, 0.25) is 0 Å². The lowest BCUT2D eigenvalue weighted by Crippen LogP contribution is -2.35. The summed E-state index contributed by atoms with van der Waals surface area (Å²) in [5.74, 6) is 0.